The average molecular weight is 245 g/mol. The molecule has 1 aromatic carbocycles. The van der Waals surface area contributed by atoms with Gasteiger partial charge in [0.2, 0.25) is 0 Å². The number of para-hydroxylation sites is 1. The van der Waals surface area contributed by atoms with Gasteiger partial charge in [0.05, 0.1) is 11.7 Å². The number of benzene rings is 1. The predicted molar refractivity (Wildman–Crippen MR) is 70.5 cm³/mol. The van der Waals surface area contributed by atoms with Crippen LogP contribution in [0.2, 0.25) is 0 Å². The first-order chi connectivity index (χ1) is 8.77. The van der Waals surface area contributed by atoms with Gasteiger partial charge in [0.1, 0.15) is 0 Å². The molecular formula is C13H19N5. The van der Waals surface area contributed by atoms with Crippen LogP contribution in [0, 0.1) is 0 Å². The van der Waals surface area contributed by atoms with Crippen molar-refractivity contribution in [3.05, 3.63) is 36.2 Å². The largest absolute Gasteiger partial charge is 0.294 e. The van der Waals surface area contributed by atoms with Crippen LogP contribution in [0.15, 0.2) is 30.3 Å². The van der Waals surface area contributed by atoms with E-state index in [2.05, 4.69) is 41.2 Å². The molecule has 0 N–H and O–H groups in total. The second-order valence-electron chi connectivity index (χ2n) is 4.18. The lowest BCUT2D eigenvalue weighted by molar-refractivity contribution is 0.223. The Balaban J connectivity index is 2.33. The third kappa shape index (κ3) is 2.41. The Hall–Kier alpha value is -1.75. The molecule has 1 unspecified atom stereocenters. The van der Waals surface area contributed by atoms with Crippen LogP contribution < -0.4 is 0 Å². The van der Waals surface area contributed by atoms with Gasteiger partial charge in [-0.15, -0.1) is 5.10 Å². The summed E-state index contributed by atoms with van der Waals surface area (Å²) in [5, 5.41) is 12.1. The fourth-order valence-electron chi connectivity index (χ4n) is 2.14. The summed E-state index contributed by atoms with van der Waals surface area (Å²) in [6.07, 6.45) is 0. The van der Waals surface area contributed by atoms with E-state index in [9.17, 15) is 0 Å². The molecule has 0 amide bonds. The van der Waals surface area contributed by atoms with E-state index in [1.54, 1.807) is 0 Å². The van der Waals surface area contributed by atoms with E-state index >= 15 is 0 Å². The minimum Gasteiger partial charge on any atom is -0.294 e. The summed E-state index contributed by atoms with van der Waals surface area (Å²) >= 11 is 0. The predicted octanol–water partition coefficient (Wildman–Crippen LogP) is 2.07. The van der Waals surface area contributed by atoms with E-state index in [1.165, 1.54) is 0 Å². The van der Waals surface area contributed by atoms with Gasteiger partial charge in [-0.3, -0.25) is 4.90 Å². The highest BCUT2D eigenvalue weighted by Gasteiger charge is 2.19. The van der Waals surface area contributed by atoms with Crippen LogP contribution in [-0.2, 0) is 0 Å². The summed E-state index contributed by atoms with van der Waals surface area (Å²) in [6, 6.07) is 10.2. The second kappa shape index (κ2) is 5.73. The number of tetrazole rings is 1. The highest BCUT2D eigenvalue weighted by Crippen LogP contribution is 2.19. The second-order valence-corrected chi connectivity index (χ2v) is 4.18. The van der Waals surface area contributed by atoms with Gasteiger partial charge in [0.25, 0.3) is 0 Å². The summed E-state index contributed by atoms with van der Waals surface area (Å²) < 4.78 is 1.81. The van der Waals surface area contributed by atoms with Crippen molar-refractivity contribution in [3.8, 4) is 5.69 Å². The van der Waals surface area contributed by atoms with Crippen LogP contribution in [0.1, 0.15) is 32.6 Å². The van der Waals surface area contributed by atoms with Gasteiger partial charge in [-0.05, 0) is 42.6 Å². The zero-order chi connectivity index (χ0) is 13.0. The molecule has 0 bridgehead atoms. The number of hydrogen-bond acceptors (Lipinski definition) is 4. The van der Waals surface area contributed by atoms with Gasteiger partial charge in [0.15, 0.2) is 5.82 Å². The van der Waals surface area contributed by atoms with Gasteiger partial charge in [-0.1, -0.05) is 32.0 Å². The standard InChI is InChI=1S/C13H19N5/c1-4-17(5-2)11(3)13-14-15-16-18(13)12-9-7-6-8-10-12/h6-11H,4-5H2,1-3H3. The van der Waals surface area contributed by atoms with Gasteiger partial charge >= 0.3 is 0 Å². The zero-order valence-corrected chi connectivity index (χ0v) is 11.1. The molecule has 5 nitrogen and oxygen atoms in total. The fraction of sp³-hybridized carbons (Fsp3) is 0.462. The smallest absolute Gasteiger partial charge is 0.173 e. The van der Waals surface area contributed by atoms with Crippen molar-refractivity contribution in [3.63, 3.8) is 0 Å². The number of nitrogens with zero attached hydrogens (tertiary/aromatic N) is 5. The number of aromatic nitrogens is 4. The van der Waals surface area contributed by atoms with Gasteiger partial charge in [0, 0.05) is 0 Å². The van der Waals surface area contributed by atoms with Crippen molar-refractivity contribution in [1.29, 1.82) is 0 Å². The lowest BCUT2D eigenvalue weighted by Crippen LogP contribution is -2.28. The molecule has 2 rings (SSSR count). The van der Waals surface area contributed by atoms with Crippen LogP contribution in [0.3, 0.4) is 0 Å². The summed E-state index contributed by atoms with van der Waals surface area (Å²) in [4.78, 5) is 2.32. The summed E-state index contributed by atoms with van der Waals surface area (Å²) in [5.74, 6) is 0.880. The van der Waals surface area contributed by atoms with Crippen molar-refractivity contribution in [2.45, 2.75) is 26.8 Å². The maximum absolute atomic E-state index is 4.17. The minimum absolute atomic E-state index is 0.204. The van der Waals surface area contributed by atoms with Crippen LogP contribution in [0.4, 0.5) is 0 Å². The molecule has 1 atom stereocenters. The highest BCUT2D eigenvalue weighted by molar-refractivity contribution is 5.30. The maximum Gasteiger partial charge on any atom is 0.173 e. The van der Waals surface area contributed by atoms with Crippen molar-refractivity contribution in [2.24, 2.45) is 0 Å². The zero-order valence-electron chi connectivity index (χ0n) is 11.1. The Morgan fingerprint density at radius 3 is 2.44 bits per heavy atom. The quantitative estimate of drug-likeness (QED) is 0.809. The van der Waals surface area contributed by atoms with Crippen LogP contribution in [0.25, 0.3) is 5.69 Å². The van der Waals surface area contributed by atoms with Crippen LogP contribution >= 0.6 is 0 Å². The first kappa shape index (κ1) is 12.7. The van der Waals surface area contributed by atoms with E-state index in [1.807, 2.05) is 35.0 Å². The molecular weight excluding hydrogens is 226 g/mol. The van der Waals surface area contributed by atoms with Crippen molar-refractivity contribution in [2.75, 3.05) is 13.1 Å². The maximum atomic E-state index is 4.17. The Labute approximate surface area is 107 Å². The van der Waals surface area contributed by atoms with Crippen LogP contribution in [0.5, 0.6) is 0 Å². The molecule has 2 aromatic rings. The topological polar surface area (TPSA) is 46.8 Å². The Bertz CT molecular complexity index is 475. The van der Waals surface area contributed by atoms with E-state index in [4.69, 9.17) is 0 Å². The van der Waals surface area contributed by atoms with Gasteiger partial charge in [-0.25, -0.2) is 0 Å². The van der Waals surface area contributed by atoms with Crippen molar-refractivity contribution < 1.29 is 0 Å². The first-order valence-electron chi connectivity index (χ1n) is 6.35. The molecule has 0 spiro atoms. The molecule has 0 aliphatic heterocycles. The highest BCUT2D eigenvalue weighted by atomic mass is 15.6. The minimum atomic E-state index is 0.204. The average Bonchev–Trinajstić information content (AvgIpc) is 2.90. The van der Waals surface area contributed by atoms with E-state index in [0.29, 0.717) is 0 Å². The molecule has 0 saturated carbocycles. The molecule has 0 fully saturated rings. The molecule has 1 aromatic heterocycles. The van der Waals surface area contributed by atoms with Crippen molar-refractivity contribution in [1.82, 2.24) is 25.1 Å². The fourth-order valence-corrected chi connectivity index (χ4v) is 2.14. The third-order valence-electron chi connectivity index (χ3n) is 3.23. The Morgan fingerprint density at radius 1 is 1.17 bits per heavy atom. The number of rotatable bonds is 5. The SMILES string of the molecule is CCN(CC)C(C)c1nnnn1-c1ccccc1. The van der Waals surface area contributed by atoms with E-state index in [-0.39, 0.29) is 6.04 Å². The van der Waals surface area contributed by atoms with E-state index < -0.39 is 0 Å². The summed E-state index contributed by atoms with van der Waals surface area (Å²) in [7, 11) is 0. The first-order valence-corrected chi connectivity index (χ1v) is 6.35. The third-order valence-corrected chi connectivity index (χ3v) is 3.23. The molecule has 18 heavy (non-hydrogen) atoms. The van der Waals surface area contributed by atoms with E-state index in [0.717, 1.165) is 24.6 Å². The van der Waals surface area contributed by atoms with Crippen LogP contribution in [-0.4, -0.2) is 38.2 Å². The molecule has 0 aliphatic rings. The molecule has 5 heteroatoms. The molecule has 0 saturated heterocycles. The molecule has 1 heterocycles. The number of hydrogen-bond donors (Lipinski definition) is 0. The Kier molecular flexibility index (Phi) is 4.04. The molecule has 0 aliphatic carbocycles. The lowest BCUT2D eigenvalue weighted by Gasteiger charge is -2.25. The normalized spacial score (nSPS) is 12.9. The molecule has 0 radical (unpaired) electrons. The van der Waals surface area contributed by atoms with Gasteiger partial charge in [-0.2, -0.15) is 4.68 Å². The summed E-state index contributed by atoms with van der Waals surface area (Å²) in [5.41, 5.74) is 0.997. The van der Waals surface area contributed by atoms with Crippen molar-refractivity contribution >= 4 is 0 Å². The van der Waals surface area contributed by atoms with Gasteiger partial charge < -0.3 is 0 Å². The summed E-state index contributed by atoms with van der Waals surface area (Å²) in [6.45, 7) is 8.41. The lowest BCUT2D eigenvalue weighted by atomic mass is 10.2. The monoisotopic (exact) mass is 245 g/mol. The Morgan fingerprint density at radius 2 is 1.83 bits per heavy atom. The molecule has 96 valence electrons.